The molecule has 0 N–H and O–H groups in total. The number of nitriles is 1. The molecule has 2 unspecified atom stereocenters. The van der Waals surface area contributed by atoms with Crippen molar-refractivity contribution < 1.29 is 9.47 Å². The van der Waals surface area contributed by atoms with Gasteiger partial charge in [0, 0.05) is 44.8 Å². The van der Waals surface area contributed by atoms with E-state index in [1.807, 2.05) is 12.1 Å². The third-order valence-electron chi connectivity index (χ3n) is 5.26. The summed E-state index contributed by atoms with van der Waals surface area (Å²) in [7, 11) is 0. The summed E-state index contributed by atoms with van der Waals surface area (Å²) in [5, 5.41) is 8.79. The molecule has 26 heavy (non-hydrogen) atoms. The minimum atomic E-state index is 0.0148. The Morgan fingerprint density at radius 2 is 2.08 bits per heavy atom. The van der Waals surface area contributed by atoms with E-state index in [1.165, 1.54) is 5.57 Å². The van der Waals surface area contributed by atoms with Gasteiger partial charge in [0.1, 0.15) is 12.7 Å². The summed E-state index contributed by atoms with van der Waals surface area (Å²) >= 11 is 0. The quantitative estimate of drug-likeness (QED) is 0.771. The number of hydrogen-bond acceptors (Lipinski definition) is 6. The molecule has 0 saturated carbocycles. The molecule has 2 atom stereocenters. The summed E-state index contributed by atoms with van der Waals surface area (Å²) in [6, 6.07) is 5.99. The van der Waals surface area contributed by atoms with Crippen molar-refractivity contribution in [2.45, 2.75) is 12.5 Å². The predicted octanol–water partition coefficient (Wildman–Crippen LogP) is 1.87. The Bertz CT molecular complexity index is 732. The lowest BCUT2D eigenvalue weighted by Crippen LogP contribution is -2.46. The Labute approximate surface area is 154 Å². The van der Waals surface area contributed by atoms with Crippen LogP contribution in [0.5, 0.6) is 11.6 Å². The van der Waals surface area contributed by atoms with Gasteiger partial charge in [-0.25, -0.2) is 4.98 Å². The van der Waals surface area contributed by atoms with Gasteiger partial charge in [-0.15, -0.1) is 0 Å². The average Bonchev–Trinajstić information content (AvgIpc) is 2.70. The van der Waals surface area contributed by atoms with Gasteiger partial charge in [-0.3, -0.25) is 9.80 Å². The molecule has 6 nitrogen and oxygen atoms in total. The van der Waals surface area contributed by atoms with E-state index < -0.39 is 0 Å². The van der Waals surface area contributed by atoms with E-state index in [0.29, 0.717) is 24.9 Å². The van der Waals surface area contributed by atoms with Gasteiger partial charge >= 0.3 is 0 Å². The highest BCUT2D eigenvalue weighted by Gasteiger charge is 2.29. The fourth-order valence-corrected chi connectivity index (χ4v) is 3.67. The SMILES string of the molecule is N#CCN1CCN(CC2=CCC(C3COc4cccnc4O3)C=C2)CC1. The fraction of sp³-hybridized carbons (Fsp3) is 0.500. The van der Waals surface area contributed by atoms with Gasteiger partial charge in [-0.05, 0) is 24.1 Å². The maximum Gasteiger partial charge on any atom is 0.257 e. The van der Waals surface area contributed by atoms with E-state index in [1.54, 1.807) is 6.20 Å². The Kier molecular flexibility index (Phi) is 5.19. The molecular formula is C20H24N4O2. The highest BCUT2D eigenvalue weighted by Crippen LogP contribution is 2.32. The second-order valence-electron chi connectivity index (χ2n) is 7.02. The largest absolute Gasteiger partial charge is 0.484 e. The number of rotatable bonds is 4. The topological polar surface area (TPSA) is 61.6 Å². The van der Waals surface area contributed by atoms with Crippen LogP contribution >= 0.6 is 0 Å². The number of aromatic nitrogens is 1. The van der Waals surface area contributed by atoms with Crippen molar-refractivity contribution in [1.29, 1.82) is 5.26 Å². The van der Waals surface area contributed by atoms with Gasteiger partial charge < -0.3 is 9.47 Å². The molecule has 1 saturated heterocycles. The highest BCUT2D eigenvalue weighted by molar-refractivity contribution is 5.34. The number of hydrogen-bond donors (Lipinski definition) is 0. The lowest BCUT2D eigenvalue weighted by Gasteiger charge is -2.34. The van der Waals surface area contributed by atoms with Crippen molar-refractivity contribution in [3.8, 4) is 17.7 Å². The van der Waals surface area contributed by atoms with Crippen LogP contribution in [0.4, 0.5) is 0 Å². The Morgan fingerprint density at radius 3 is 2.85 bits per heavy atom. The molecular weight excluding hydrogens is 328 g/mol. The van der Waals surface area contributed by atoms with Crippen LogP contribution in [0.15, 0.2) is 42.1 Å². The second-order valence-corrected chi connectivity index (χ2v) is 7.02. The molecule has 1 aliphatic carbocycles. The minimum Gasteiger partial charge on any atom is -0.484 e. The fourth-order valence-electron chi connectivity index (χ4n) is 3.67. The van der Waals surface area contributed by atoms with E-state index in [0.717, 1.165) is 44.9 Å². The summed E-state index contributed by atoms with van der Waals surface area (Å²) in [4.78, 5) is 8.93. The zero-order valence-electron chi connectivity index (χ0n) is 14.9. The standard InChI is InChI=1S/C20H24N4O2/c21-7-9-23-10-12-24(13-11-23)14-16-3-5-17(6-4-16)19-15-25-18-2-1-8-22-20(18)26-19/h1-5,8,17,19H,6,9-15H2. The molecule has 0 amide bonds. The molecule has 136 valence electrons. The number of nitrogens with zero attached hydrogens (tertiary/aromatic N) is 4. The number of fused-ring (bicyclic) bond motifs is 1. The van der Waals surface area contributed by atoms with Gasteiger partial charge in [-0.1, -0.05) is 18.2 Å². The first-order valence-corrected chi connectivity index (χ1v) is 9.25. The van der Waals surface area contributed by atoms with Gasteiger partial charge in [-0.2, -0.15) is 5.26 Å². The van der Waals surface area contributed by atoms with Crippen LogP contribution in [0.1, 0.15) is 6.42 Å². The Morgan fingerprint density at radius 1 is 1.23 bits per heavy atom. The highest BCUT2D eigenvalue weighted by atomic mass is 16.6. The lowest BCUT2D eigenvalue weighted by atomic mass is 9.91. The van der Waals surface area contributed by atoms with E-state index in [-0.39, 0.29) is 6.10 Å². The number of pyridine rings is 1. The van der Waals surface area contributed by atoms with E-state index in [4.69, 9.17) is 14.7 Å². The first-order valence-electron chi connectivity index (χ1n) is 9.25. The van der Waals surface area contributed by atoms with Crippen molar-refractivity contribution in [3.05, 3.63) is 42.1 Å². The van der Waals surface area contributed by atoms with Crippen LogP contribution in [-0.2, 0) is 0 Å². The van der Waals surface area contributed by atoms with E-state index in [9.17, 15) is 0 Å². The van der Waals surface area contributed by atoms with Crippen LogP contribution in [0.3, 0.4) is 0 Å². The predicted molar refractivity (Wildman–Crippen MR) is 98.0 cm³/mol. The summed E-state index contributed by atoms with van der Waals surface area (Å²) in [6.45, 7) is 6.10. The second kappa shape index (κ2) is 7.90. The minimum absolute atomic E-state index is 0.0148. The molecule has 0 bridgehead atoms. The van der Waals surface area contributed by atoms with Crippen LogP contribution in [0, 0.1) is 17.2 Å². The van der Waals surface area contributed by atoms with Crippen molar-refractivity contribution in [2.75, 3.05) is 45.9 Å². The summed E-state index contributed by atoms with van der Waals surface area (Å²) in [6.07, 6.45) is 9.52. The molecule has 3 heterocycles. The number of piperazine rings is 1. The number of ether oxygens (including phenoxy) is 2. The van der Waals surface area contributed by atoms with Crippen LogP contribution in [0.25, 0.3) is 0 Å². The third kappa shape index (κ3) is 3.90. The smallest absolute Gasteiger partial charge is 0.257 e. The van der Waals surface area contributed by atoms with E-state index in [2.05, 4.69) is 39.1 Å². The first kappa shape index (κ1) is 17.1. The maximum atomic E-state index is 8.79. The summed E-state index contributed by atoms with van der Waals surface area (Å²) in [5.41, 5.74) is 1.37. The molecule has 6 heteroatoms. The molecule has 0 radical (unpaired) electrons. The van der Waals surface area contributed by atoms with Crippen LogP contribution in [-0.4, -0.2) is 66.8 Å². The first-order chi connectivity index (χ1) is 12.8. The number of allylic oxidation sites excluding steroid dienone is 1. The molecule has 2 aliphatic heterocycles. The third-order valence-corrected chi connectivity index (χ3v) is 5.26. The molecule has 1 aromatic heterocycles. The van der Waals surface area contributed by atoms with Gasteiger partial charge in [0.25, 0.3) is 5.88 Å². The molecule has 3 aliphatic rings. The Hall–Kier alpha value is -2.36. The van der Waals surface area contributed by atoms with Crippen LogP contribution < -0.4 is 9.47 Å². The molecule has 0 aromatic carbocycles. The van der Waals surface area contributed by atoms with Crippen molar-refractivity contribution in [1.82, 2.24) is 14.8 Å². The van der Waals surface area contributed by atoms with Gasteiger partial charge in [0.15, 0.2) is 5.75 Å². The molecule has 0 spiro atoms. The average molecular weight is 352 g/mol. The molecule has 4 rings (SSSR count). The van der Waals surface area contributed by atoms with Gasteiger partial charge in [0.2, 0.25) is 0 Å². The summed E-state index contributed by atoms with van der Waals surface area (Å²) in [5.74, 6) is 1.65. The van der Waals surface area contributed by atoms with Crippen LogP contribution in [0.2, 0.25) is 0 Å². The maximum absolute atomic E-state index is 8.79. The zero-order valence-corrected chi connectivity index (χ0v) is 14.9. The lowest BCUT2D eigenvalue weighted by molar-refractivity contribution is 0.0569. The molecule has 1 aromatic rings. The van der Waals surface area contributed by atoms with Gasteiger partial charge in [0.05, 0.1) is 12.6 Å². The van der Waals surface area contributed by atoms with Crippen molar-refractivity contribution in [2.24, 2.45) is 5.92 Å². The molecule has 1 fully saturated rings. The Balaban J connectivity index is 1.27. The normalized spacial score (nSPS) is 26.2. The van der Waals surface area contributed by atoms with Crippen molar-refractivity contribution >= 4 is 0 Å². The summed E-state index contributed by atoms with van der Waals surface area (Å²) < 4.78 is 11.8. The van der Waals surface area contributed by atoms with E-state index >= 15 is 0 Å². The zero-order chi connectivity index (χ0) is 17.8. The monoisotopic (exact) mass is 352 g/mol. The van der Waals surface area contributed by atoms with Crippen molar-refractivity contribution in [3.63, 3.8) is 0 Å².